The van der Waals surface area contributed by atoms with Gasteiger partial charge in [-0.3, -0.25) is 4.79 Å². The van der Waals surface area contributed by atoms with Gasteiger partial charge in [-0.1, -0.05) is 36.0 Å². The lowest BCUT2D eigenvalue weighted by Crippen LogP contribution is -2.37. The van der Waals surface area contributed by atoms with Crippen molar-refractivity contribution in [1.82, 2.24) is 5.32 Å². The van der Waals surface area contributed by atoms with Crippen molar-refractivity contribution in [1.29, 1.82) is 0 Å². The summed E-state index contributed by atoms with van der Waals surface area (Å²) in [4.78, 5) is 25.0. The first-order valence-corrected chi connectivity index (χ1v) is 8.47. The maximum Gasteiger partial charge on any atom is 0.330 e. The Bertz CT molecular complexity index is 596. The Hall–Kier alpha value is -2.01. The van der Waals surface area contributed by atoms with E-state index in [4.69, 9.17) is 0 Å². The minimum atomic E-state index is -0.333. The minimum Gasteiger partial charge on any atom is -0.466 e. The average Bonchev–Trinajstić information content (AvgIpc) is 2.54. The molecule has 0 radical (unpaired) electrons. The predicted octanol–water partition coefficient (Wildman–Crippen LogP) is 3.45. The Kier molecular flexibility index (Phi) is 6.94. The number of unbranched alkanes of at least 4 members (excludes halogenated alkanes) is 1. The van der Waals surface area contributed by atoms with E-state index >= 15 is 0 Å². The van der Waals surface area contributed by atoms with E-state index in [0.29, 0.717) is 0 Å². The number of hydrogen-bond acceptors (Lipinski definition) is 4. The number of amides is 1. The van der Waals surface area contributed by atoms with Crippen LogP contribution in [0.5, 0.6) is 0 Å². The van der Waals surface area contributed by atoms with Gasteiger partial charge in [0.2, 0.25) is 5.91 Å². The molecule has 1 unspecified atom stereocenters. The fraction of sp³-hybridized carbons (Fsp3) is 0.333. The van der Waals surface area contributed by atoms with Gasteiger partial charge in [0.05, 0.1) is 7.11 Å². The van der Waals surface area contributed by atoms with Gasteiger partial charge >= 0.3 is 5.97 Å². The van der Waals surface area contributed by atoms with Gasteiger partial charge in [0, 0.05) is 23.1 Å². The molecule has 1 atom stereocenters. The zero-order chi connectivity index (χ0) is 16.5. The first-order valence-electron chi connectivity index (χ1n) is 7.66. The van der Waals surface area contributed by atoms with Crippen LogP contribution in [0.3, 0.4) is 0 Å². The Morgan fingerprint density at radius 1 is 1.39 bits per heavy atom. The standard InChI is InChI=1S/C18H21NO3S/c1-22-18(21)11-7-2-4-8-14-12-16(13-17(20)19-14)23-15-9-5-3-6-10-15/h3,5-7,9-11,13-14H,2,4,8,12H2,1H3,(H,19,20)/b11-7+. The highest BCUT2D eigenvalue weighted by atomic mass is 32.2. The molecule has 2 rings (SSSR count). The highest BCUT2D eigenvalue weighted by Crippen LogP contribution is 2.31. The molecular weight excluding hydrogens is 310 g/mol. The molecule has 1 aromatic rings. The van der Waals surface area contributed by atoms with Gasteiger partial charge in [-0.05, 0) is 42.7 Å². The summed E-state index contributed by atoms with van der Waals surface area (Å²) in [7, 11) is 1.36. The van der Waals surface area contributed by atoms with Crippen molar-refractivity contribution in [2.45, 2.75) is 36.6 Å². The van der Waals surface area contributed by atoms with Crippen molar-refractivity contribution < 1.29 is 14.3 Å². The van der Waals surface area contributed by atoms with Crippen LogP contribution in [0, 0.1) is 0 Å². The lowest BCUT2D eigenvalue weighted by Gasteiger charge is -2.23. The van der Waals surface area contributed by atoms with E-state index in [0.717, 1.165) is 35.5 Å². The molecule has 1 aliphatic rings. The van der Waals surface area contributed by atoms with Crippen molar-refractivity contribution >= 4 is 23.6 Å². The number of nitrogens with one attached hydrogen (secondary N) is 1. The molecule has 0 saturated carbocycles. The summed E-state index contributed by atoms with van der Waals surface area (Å²) in [5, 5.41) is 3.00. The molecule has 5 heteroatoms. The van der Waals surface area contributed by atoms with Crippen molar-refractivity contribution in [3.63, 3.8) is 0 Å². The van der Waals surface area contributed by atoms with Gasteiger partial charge in [0.15, 0.2) is 0 Å². The van der Waals surface area contributed by atoms with Crippen LogP contribution in [-0.4, -0.2) is 25.0 Å². The van der Waals surface area contributed by atoms with Gasteiger partial charge in [-0.2, -0.15) is 0 Å². The van der Waals surface area contributed by atoms with E-state index in [1.807, 2.05) is 36.4 Å². The number of allylic oxidation sites excluding steroid dienone is 1. The summed E-state index contributed by atoms with van der Waals surface area (Å²) in [6.07, 6.45) is 8.40. The van der Waals surface area contributed by atoms with Crippen LogP contribution in [0.4, 0.5) is 0 Å². The number of rotatable bonds is 7. The molecule has 1 aromatic carbocycles. The van der Waals surface area contributed by atoms with E-state index in [-0.39, 0.29) is 17.9 Å². The fourth-order valence-electron chi connectivity index (χ4n) is 2.36. The van der Waals surface area contributed by atoms with Crippen LogP contribution in [0.25, 0.3) is 0 Å². The lowest BCUT2D eigenvalue weighted by molar-refractivity contribution is -0.134. The number of esters is 1. The summed E-state index contributed by atoms with van der Waals surface area (Å²) in [6.45, 7) is 0. The van der Waals surface area contributed by atoms with Gasteiger partial charge in [-0.25, -0.2) is 4.79 Å². The largest absolute Gasteiger partial charge is 0.466 e. The first kappa shape index (κ1) is 17.3. The van der Waals surface area contributed by atoms with Crippen LogP contribution in [-0.2, 0) is 14.3 Å². The van der Waals surface area contributed by atoms with Crippen molar-refractivity contribution in [3.05, 3.63) is 53.5 Å². The SMILES string of the molecule is COC(=O)/C=C/CCCC1CC(Sc2ccccc2)=CC(=O)N1. The molecule has 0 fully saturated rings. The summed E-state index contributed by atoms with van der Waals surface area (Å²) in [5.41, 5.74) is 0. The first-order chi connectivity index (χ1) is 11.2. The Labute approximate surface area is 141 Å². The fourth-order valence-corrected chi connectivity index (χ4v) is 3.40. The summed E-state index contributed by atoms with van der Waals surface area (Å²) >= 11 is 1.65. The lowest BCUT2D eigenvalue weighted by atomic mass is 10.0. The Morgan fingerprint density at radius 3 is 2.91 bits per heavy atom. The monoisotopic (exact) mass is 331 g/mol. The highest BCUT2D eigenvalue weighted by molar-refractivity contribution is 8.03. The molecule has 1 N–H and O–H groups in total. The van der Waals surface area contributed by atoms with Crippen LogP contribution >= 0.6 is 11.8 Å². The minimum absolute atomic E-state index is 0.0233. The van der Waals surface area contributed by atoms with Crippen molar-refractivity contribution in [3.8, 4) is 0 Å². The second-order valence-electron chi connectivity index (χ2n) is 5.29. The third-order valence-electron chi connectivity index (χ3n) is 3.46. The molecule has 0 bridgehead atoms. The summed E-state index contributed by atoms with van der Waals surface area (Å²) in [5.74, 6) is -0.356. The molecule has 4 nitrogen and oxygen atoms in total. The molecular formula is C18H21NO3S. The number of methoxy groups -OCH3 is 1. The third kappa shape index (κ3) is 6.32. The maximum absolute atomic E-state index is 11.8. The number of carbonyl (C=O) groups excluding carboxylic acids is 2. The normalized spacial score (nSPS) is 17.7. The van der Waals surface area contributed by atoms with E-state index in [2.05, 4.69) is 10.1 Å². The number of thioether (sulfide) groups is 1. The van der Waals surface area contributed by atoms with Crippen LogP contribution in [0.15, 0.2) is 58.4 Å². The number of carbonyl (C=O) groups is 2. The molecule has 0 aromatic heterocycles. The second kappa shape index (κ2) is 9.20. The number of hydrogen-bond donors (Lipinski definition) is 1. The van der Waals surface area contributed by atoms with Crippen molar-refractivity contribution in [2.75, 3.05) is 7.11 Å². The van der Waals surface area contributed by atoms with Gasteiger partial charge in [0.1, 0.15) is 0 Å². The quantitative estimate of drug-likeness (QED) is 0.472. The Balaban J connectivity index is 1.79. The van der Waals surface area contributed by atoms with E-state index < -0.39 is 0 Å². The molecule has 23 heavy (non-hydrogen) atoms. The summed E-state index contributed by atoms with van der Waals surface area (Å²) < 4.78 is 4.54. The van der Waals surface area contributed by atoms with Crippen LogP contribution in [0.1, 0.15) is 25.7 Å². The van der Waals surface area contributed by atoms with Gasteiger partial charge < -0.3 is 10.1 Å². The molecule has 0 spiro atoms. The molecule has 1 heterocycles. The van der Waals surface area contributed by atoms with Crippen molar-refractivity contribution in [2.24, 2.45) is 0 Å². The predicted molar refractivity (Wildman–Crippen MR) is 91.9 cm³/mol. The average molecular weight is 331 g/mol. The molecule has 1 amide bonds. The van der Waals surface area contributed by atoms with E-state index in [1.165, 1.54) is 13.2 Å². The molecule has 0 saturated heterocycles. The van der Waals surface area contributed by atoms with Gasteiger partial charge in [-0.15, -0.1) is 0 Å². The third-order valence-corrected chi connectivity index (χ3v) is 4.51. The smallest absolute Gasteiger partial charge is 0.330 e. The zero-order valence-corrected chi connectivity index (χ0v) is 14.0. The second-order valence-corrected chi connectivity index (χ2v) is 6.49. The zero-order valence-electron chi connectivity index (χ0n) is 13.2. The van der Waals surface area contributed by atoms with Crippen LogP contribution in [0.2, 0.25) is 0 Å². The topological polar surface area (TPSA) is 55.4 Å². The maximum atomic E-state index is 11.8. The van der Waals surface area contributed by atoms with E-state index in [9.17, 15) is 9.59 Å². The molecule has 122 valence electrons. The Morgan fingerprint density at radius 2 is 2.17 bits per heavy atom. The van der Waals surface area contributed by atoms with Crippen LogP contribution < -0.4 is 5.32 Å². The van der Waals surface area contributed by atoms with E-state index in [1.54, 1.807) is 17.8 Å². The number of benzene rings is 1. The highest BCUT2D eigenvalue weighted by Gasteiger charge is 2.19. The molecule has 0 aliphatic carbocycles. The summed E-state index contributed by atoms with van der Waals surface area (Å²) in [6, 6.07) is 10.2. The molecule has 1 aliphatic heterocycles. The van der Waals surface area contributed by atoms with Gasteiger partial charge in [0.25, 0.3) is 0 Å². The number of ether oxygens (including phenoxy) is 1.